The number of aromatic nitrogens is 3. The lowest BCUT2D eigenvalue weighted by Gasteiger charge is -2.25. The van der Waals surface area contributed by atoms with Crippen LogP contribution in [-0.4, -0.2) is 56.9 Å². The van der Waals surface area contributed by atoms with Gasteiger partial charge in [-0.1, -0.05) is 48.5 Å². The molecule has 1 atom stereocenters. The highest BCUT2D eigenvalue weighted by molar-refractivity contribution is 5.81. The molecule has 1 aliphatic rings. The van der Waals surface area contributed by atoms with Crippen molar-refractivity contribution in [2.24, 2.45) is 0 Å². The zero-order valence-electron chi connectivity index (χ0n) is 17.9. The largest absolute Gasteiger partial charge is 0.480 e. The number of carboxylic acids is 1. The Kier molecular flexibility index (Phi) is 5.26. The van der Waals surface area contributed by atoms with Gasteiger partial charge in [0.05, 0.1) is 6.20 Å². The van der Waals surface area contributed by atoms with Crippen LogP contribution in [0.5, 0.6) is 0 Å². The van der Waals surface area contributed by atoms with Crippen LogP contribution in [0, 0.1) is 0 Å². The second-order valence-corrected chi connectivity index (χ2v) is 8.12. The Morgan fingerprint density at radius 1 is 1.09 bits per heavy atom. The third kappa shape index (κ3) is 3.80. The van der Waals surface area contributed by atoms with Crippen molar-refractivity contribution in [1.82, 2.24) is 20.1 Å². The van der Waals surface area contributed by atoms with Crippen LogP contribution in [0.25, 0.3) is 22.2 Å². The van der Waals surface area contributed by atoms with Crippen molar-refractivity contribution in [2.75, 3.05) is 13.7 Å². The summed E-state index contributed by atoms with van der Waals surface area (Å²) in [6.45, 7) is 0.131. The minimum atomic E-state index is -1.11. The lowest BCUT2D eigenvalue weighted by molar-refractivity contribution is -0.142. The van der Waals surface area contributed by atoms with Crippen molar-refractivity contribution in [2.45, 2.75) is 18.4 Å². The maximum Gasteiger partial charge on any atom is 0.410 e. The van der Waals surface area contributed by atoms with Crippen molar-refractivity contribution in [3.63, 3.8) is 0 Å². The van der Waals surface area contributed by atoms with Gasteiger partial charge in [-0.2, -0.15) is 5.10 Å². The molecular formula is C25H22N4O4. The third-order valence-corrected chi connectivity index (χ3v) is 6.15. The molecule has 1 amide bonds. The molecule has 2 heterocycles. The third-order valence-electron chi connectivity index (χ3n) is 6.15. The maximum atomic E-state index is 12.8. The lowest BCUT2D eigenvalue weighted by Crippen LogP contribution is -2.44. The van der Waals surface area contributed by atoms with E-state index in [1.165, 1.54) is 7.05 Å². The number of hydrogen-bond acceptors (Lipinski definition) is 5. The molecule has 2 aromatic heterocycles. The Bertz CT molecular complexity index is 1300. The van der Waals surface area contributed by atoms with E-state index in [9.17, 15) is 14.7 Å². The summed E-state index contributed by atoms with van der Waals surface area (Å²) < 4.78 is 5.62. The molecule has 2 N–H and O–H groups in total. The number of nitrogens with one attached hydrogen (secondary N) is 1. The van der Waals surface area contributed by atoms with Crippen molar-refractivity contribution < 1.29 is 19.4 Å². The van der Waals surface area contributed by atoms with Crippen molar-refractivity contribution in [3.05, 3.63) is 83.7 Å². The van der Waals surface area contributed by atoms with E-state index in [0.29, 0.717) is 11.2 Å². The zero-order valence-corrected chi connectivity index (χ0v) is 17.9. The molecule has 0 bridgehead atoms. The fraction of sp³-hybridized carbons (Fsp3) is 0.200. The van der Waals surface area contributed by atoms with Crippen LogP contribution in [0.3, 0.4) is 0 Å². The monoisotopic (exact) mass is 442 g/mol. The molecular weight excluding hydrogens is 420 g/mol. The van der Waals surface area contributed by atoms with E-state index < -0.39 is 18.1 Å². The first-order chi connectivity index (χ1) is 16.0. The number of hydrogen-bond donors (Lipinski definition) is 2. The first kappa shape index (κ1) is 20.7. The number of fused-ring (bicyclic) bond motifs is 4. The van der Waals surface area contributed by atoms with Gasteiger partial charge in [0.2, 0.25) is 0 Å². The number of aliphatic carboxylic acids is 1. The summed E-state index contributed by atoms with van der Waals surface area (Å²) >= 11 is 0. The summed E-state index contributed by atoms with van der Waals surface area (Å²) in [7, 11) is 1.45. The number of amides is 1. The smallest absolute Gasteiger partial charge is 0.410 e. The van der Waals surface area contributed by atoms with Gasteiger partial charge in [-0.25, -0.2) is 14.6 Å². The second-order valence-electron chi connectivity index (χ2n) is 8.12. The lowest BCUT2D eigenvalue weighted by atomic mass is 9.98. The highest BCUT2D eigenvalue weighted by Gasteiger charge is 2.32. The predicted molar refractivity (Wildman–Crippen MR) is 122 cm³/mol. The maximum absolute atomic E-state index is 12.8. The predicted octanol–water partition coefficient (Wildman–Crippen LogP) is 3.83. The molecule has 0 spiro atoms. The summed E-state index contributed by atoms with van der Waals surface area (Å²) in [6.07, 6.45) is 2.63. The molecule has 5 rings (SSSR count). The summed E-state index contributed by atoms with van der Waals surface area (Å²) in [6, 6.07) is 16.8. The molecule has 8 nitrogen and oxygen atoms in total. The molecule has 0 saturated heterocycles. The number of pyridine rings is 1. The van der Waals surface area contributed by atoms with Crippen LogP contribution in [0.1, 0.15) is 22.6 Å². The Labute approximate surface area is 189 Å². The number of carboxylic acid groups (broad SMARTS) is 1. The SMILES string of the molecule is CN(C(=O)OCC1c2ccccc2-c2ccccc21)[C@@H](Cc1cnc2[nH]ncc2c1)C(=O)O. The number of carbonyl (C=O) groups excluding carboxylic acids is 1. The normalized spacial score (nSPS) is 13.4. The van der Waals surface area contributed by atoms with Gasteiger partial charge < -0.3 is 9.84 Å². The van der Waals surface area contributed by atoms with Gasteiger partial charge in [-0.05, 0) is 33.9 Å². The number of nitrogens with zero attached hydrogens (tertiary/aromatic N) is 3. The van der Waals surface area contributed by atoms with E-state index in [0.717, 1.165) is 32.5 Å². The van der Waals surface area contributed by atoms with Crippen LogP contribution in [0.15, 0.2) is 67.0 Å². The average molecular weight is 442 g/mol. The molecule has 1 aliphatic carbocycles. The van der Waals surface area contributed by atoms with E-state index >= 15 is 0 Å². The number of H-pyrrole nitrogens is 1. The van der Waals surface area contributed by atoms with Gasteiger partial charge in [-0.15, -0.1) is 0 Å². The van der Waals surface area contributed by atoms with Crippen LogP contribution in [-0.2, 0) is 16.0 Å². The fourth-order valence-electron chi connectivity index (χ4n) is 4.43. The van der Waals surface area contributed by atoms with Crippen molar-refractivity contribution >= 4 is 23.1 Å². The van der Waals surface area contributed by atoms with E-state index in [4.69, 9.17) is 4.74 Å². The van der Waals surface area contributed by atoms with Gasteiger partial charge in [-0.3, -0.25) is 10.00 Å². The number of rotatable bonds is 6. The summed E-state index contributed by atoms with van der Waals surface area (Å²) in [5.74, 6) is -1.20. The van der Waals surface area contributed by atoms with Crippen molar-refractivity contribution in [3.8, 4) is 11.1 Å². The van der Waals surface area contributed by atoms with E-state index in [1.54, 1.807) is 12.4 Å². The van der Waals surface area contributed by atoms with E-state index in [-0.39, 0.29) is 18.9 Å². The van der Waals surface area contributed by atoms with E-state index in [2.05, 4.69) is 27.3 Å². The number of benzene rings is 2. The number of likely N-dealkylation sites (N-methyl/N-ethyl adjacent to an activating group) is 1. The molecule has 166 valence electrons. The van der Waals surface area contributed by atoms with Crippen LogP contribution >= 0.6 is 0 Å². The Morgan fingerprint density at radius 3 is 2.42 bits per heavy atom. The minimum absolute atomic E-state index is 0.0919. The quantitative estimate of drug-likeness (QED) is 0.470. The molecule has 0 saturated carbocycles. The van der Waals surface area contributed by atoms with Crippen LogP contribution < -0.4 is 0 Å². The number of carbonyl (C=O) groups is 2. The molecule has 0 unspecified atom stereocenters. The minimum Gasteiger partial charge on any atom is -0.480 e. The molecule has 8 heteroatoms. The molecule has 0 radical (unpaired) electrons. The molecule has 33 heavy (non-hydrogen) atoms. The summed E-state index contributed by atoms with van der Waals surface area (Å²) in [5.41, 5.74) is 5.78. The Morgan fingerprint density at radius 2 is 1.76 bits per heavy atom. The van der Waals surface area contributed by atoms with Gasteiger partial charge in [0, 0.05) is 31.0 Å². The highest BCUT2D eigenvalue weighted by Crippen LogP contribution is 2.44. The molecule has 0 aliphatic heterocycles. The van der Waals surface area contributed by atoms with Gasteiger partial charge >= 0.3 is 12.1 Å². The topological polar surface area (TPSA) is 108 Å². The Hall–Kier alpha value is -4.20. The van der Waals surface area contributed by atoms with Crippen LogP contribution in [0.2, 0.25) is 0 Å². The van der Waals surface area contributed by atoms with E-state index in [1.807, 2.05) is 42.5 Å². The Balaban J connectivity index is 1.31. The fourth-order valence-corrected chi connectivity index (χ4v) is 4.43. The molecule has 4 aromatic rings. The second kappa shape index (κ2) is 8.38. The first-order valence-corrected chi connectivity index (χ1v) is 10.6. The summed E-state index contributed by atoms with van der Waals surface area (Å²) in [5, 5.41) is 17.2. The zero-order chi connectivity index (χ0) is 22.9. The first-order valence-electron chi connectivity index (χ1n) is 10.6. The highest BCUT2D eigenvalue weighted by atomic mass is 16.6. The van der Waals surface area contributed by atoms with Crippen LogP contribution in [0.4, 0.5) is 4.79 Å². The van der Waals surface area contributed by atoms with Gasteiger partial charge in [0.25, 0.3) is 0 Å². The number of ether oxygens (including phenoxy) is 1. The number of aromatic amines is 1. The average Bonchev–Trinajstić information content (AvgIpc) is 3.42. The molecule has 0 fully saturated rings. The van der Waals surface area contributed by atoms with Gasteiger partial charge in [0.1, 0.15) is 12.6 Å². The summed E-state index contributed by atoms with van der Waals surface area (Å²) in [4.78, 5) is 30.2. The molecule has 2 aromatic carbocycles. The van der Waals surface area contributed by atoms with Gasteiger partial charge in [0.15, 0.2) is 5.65 Å². The standard InChI is InChI=1S/C25H22N4O4/c1-29(22(24(30)31)11-15-10-16-13-27-28-23(16)26-12-15)25(32)33-14-21-19-8-4-2-6-17(19)18-7-3-5-9-20(18)21/h2-10,12-13,21-22H,11,14H2,1H3,(H,30,31)(H,26,27,28)/t22-/m0/s1. The van der Waals surface area contributed by atoms with Crippen molar-refractivity contribution in [1.29, 1.82) is 0 Å².